The fourth-order valence-electron chi connectivity index (χ4n) is 7.21. The van der Waals surface area contributed by atoms with Crippen LogP contribution in [0.4, 0.5) is 21.0 Å². The predicted molar refractivity (Wildman–Crippen MR) is 182 cm³/mol. The van der Waals surface area contributed by atoms with Crippen LogP contribution in [-0.4, -0.2) is 95.4 Å². The van der Waals surface area contributed by atoms with Gasteiger partial charge in [0, 0.05) is 51.6 Å². The molecule has 254 valence electrons. The fraction of sp³-hybridized carbons (Fsp3) is 0.500. The monoisotopic (exact) mass is 658 g/mol. The number of methoxy groups -OCH3 is 1. The van der Waals surface area contributed by atoms with Gasteiger partial charge in [0.1, 0.15) is 28.4 Å². The average molecular weight is 659 g/mol. The van der Waals surface area contributed by atoms with E-state index in [1.165, 1.54) is 0 Å². The Morgan fingerprint density at radius 1 is 1.10 bits per heavy atom. The maximum Gasteiger partial charge on any atom is 0.410 e. The number of ether oxygens (including phenoxy) is 3. The van der Waals surface area contributed by atoms with Crippen molar-refractivity contribution in [2.24, 2.45) is 5.92 Å². The topological polar surface area (TPSA) is 113 Å². The molecule has 2 aromatic heterocycles. The molecule has 11 nitrogen and oxygen atoms in total. The van der Waals surface area contributed by atoms with Gasteiger partial charge in [0.2, 0.25) is 5.95 Å². The van der Waals surface area contributed by atoms with Crippen LogP contribution in [0.2, 0.25) is 0 Å². The van der Waals surface area contributed by atoms with Crippen LogP contribution in [0.1, 0.15) is 46.1 Å². The van der Waals surface area contributed by atoms with E-state index in [1.807, 2.05) is 60.9 Å². The summed E-state index contributed by atoms with van der Waals surface area (Å²) in [6.45, 7) is 10.4. The quantitative estimate of drug-likeness (QED) is 0.254. The second-order valence-corrected chi connectivity index (χ2v) is 14.1. The summed E-state index contributed by atoms with van der Waals surface area (Å²) < 4.78 is 33.8. The highest BCUT2D eigenvalue weighted by Gasteiger charge is 2.41. The van der Waals surface area contributed by atoms with Crippen LogP contribution in [0.15, 0.2) is 36.5 Å². The van der Waals surface area contributed by atoms with Crippen molar-refractivity contribution in [3.05, 3.63) is 47.9 Å². The Balaban J connectivity index is 1.34. The second kappa shape index (κ2) is 12.6. The summed E-state index contributed by atoms with van der Waals surface area (Å²) >= 11 is 0. The van der Waals surface area contributed by atoms with Crippen molar-refractivity contribution in [1.82, 2.24) is 19.9 Å². The summed E-state index contributed by atoms with van der Waals surface area (Å²) in [5.74, 6) is 1.25. The Bertz CT molecular complexity index is 1860. The third-order valence-corrected chi connectivity index (χ3v) is 9.48. The van der Waals surface area contributed by atoms with Gasteiger partial charge < -0.3 is 34.0 Å². The molecule has 3 aliphatic rings. The molecule has 0 spiro atoms. The minimum Gasteiger partial charge on any atom is -0.468 e. The molecule has 4 aromatic rings. The highest BCUT2D eigenvalue weighted by molar-refractivity contribution is 6.02. The summed E-state index contributed by atoms with van der Waals surface area (Å²) in [6.07, 6.45) is 3.34. The molecule has 5 heterocycles. The summed E-state index contributed by atoms with van der Waals surface area (Å²) in [4.78, 5) is 33.5. The highest BCUT2D eigenvalue weighted by atomic mass is 19.1. The molecule has 0 saturated carbocycles. The van der Waals surface area contributed by atoms with Crippen LogP contribution < -0.4 is 14.5 Å². The third kappa shape index (κ3) is 6.07. The molecule has 7 rings (SSSR count). The Labute approximate surface area is 279 Å². The van der Waals surface area contributed by atoms with Gasteiger partial charge in [0.25, 0.3) is 0 Å². The third-order valence-electron chi connectivity index (χ3n) is 9.48. The van der Waals surface area contributed by atoms with Crippen LogP contribution >= 0.6 is 0 Å². The number of benzene rings is 2. The number of aliphatic hydroxyl groups is 1. The molecule has 2 bridgehead atoms. The lowest BCUT2D eigenvalue weighted by atomic mass is 9.95. The number of aliphatic hydroxyl groups excluding tert-OH is 1. The molecule has 1 N–H and O–H groups in total. The number of rotatable bonds is 7. The number of anilines is 2. The van der Waals surface area contributed by atoms with E-state index in [4.69, 9.17) is 29.2 Å². The van der Waals surface area contributed by atoms with Crippen LogP contribution in [0.5, 0.6) is 5.75 Å². The molecule has 2 unspecified atom stereocenters. The maximum atomic E-state index is 17.1. The van der Waals surface area contributed by atoms with E-state index in [1.54, 1.807) is 13.3 Å². The Kier molecular flexibility index (Phi) is 8.49. The van der Waals surface area contributed by atoms with Crippen molar-refractivity contribution in [2.45, 2.75) is 64.7 Å². The zero-order chi connectivity index (χ0) is 33.7. The van der Waals surface area contributed by atoms with Crippen LogP contribution in [0.3, 0.4) is 0 Å². The van der Waals surface area contributed by atoms with Crippen molar-refractivity contribution < 1.29 is 28.5 Å². The number of hydrogen-bond donors (Lipinski definition) is 1. The Morgan fingerprint density at radius 2 is 1.92 bits per heavy atom. The summed E-state index contributed by atoms with van der Waals surface area (Å²) in [7, 11) is 1.55. The number of halogens is 1. The second-order valence-electron chi connectivity index (χ2n) is 14.1. The number of carbonyl (C=O) groups excluding carboxylic acids is 1. The molecule has 12 heteroatoms. The molecule has 2 atom stereocenters. The van der Waals surface area contributed by atoms with Crippen LogP contribution in [0.25, 0.3) is 32.9 Å². The van der Waals surface area contributed by atoms with Crippen molar-refractivity contribution in [3.8, 4) is 17.0 Å². The zero-order valence-corrected chi connectivity index (χ0v) is 28.2. The molecule has 1 amide bonds. The largest absolute Gasteiger partial charge is 0.468 e. The number of aromatic nitrogens is 3. The number of pyridine rings is 1. The van der Waals surface area contributed by atoms with E-state index in [2.05, 4.69) is 11.8 Å². The minimum atomic E-state index is -0.595. The molecule has 48 heavy (non-hydrogen) atoms. The zero-order valence-electron chi connectivity index (χ0n) is 28.2. The number of carbonyl (C=O) groups is 1. The van der Waals surface area contributed by atoms with E-state index in [9.17, 15) is 9.90 Å². The van der Waals surface area contributed by atoms with Gasteiger partial charge in [-0.1, -0.05) is 25.1 Å². The molecule has 0 radical (unpaired) electrons. The van der Waals surface area contributed by atoms with E-state index >= 15 is 4.39 Å². The smallest absolute Gasteiger partial charge is 0.410 e. The maximum absolute atomic E-state index is 17.1. The van der Waals surface area contributed by atoms with Gasteiger partial charge >= 0.3 is 6.09 Å². The SMILES string of the molecule is CCc1cccc2cc(OCOC)cc(-c3ncc4c(N5CCC6CC(C5)N(C(=O)OC(C)(C)C)C6)nc(N5CC(O)C5)nc4c3F)c12. The van der Waals surface area contributed by atoms with Gasteiger partial charge in [-0.3, -0.25) is 4.98 Å². The standard InChI is InChI=1S/C36H43FN6O5/c1-6-22-8-7-9-23-13-26(47-20-46-5)14-27(29(22)23)31-30(37)32-28(15-38-31)33(40-34(39-32)42-18-25(44)19-42)41-11-10-21-12-24(17-41)43(16-21)35(45)48-36(2,3)4/h7-9,13-15,21,24-25,44H,6,10-12,16-20H2,1-5H3. The van der Waals surface area contributed by atoms with E-state index in [0.29, 0.717) is 67.1 Å². The lowest BCUT2D eigenvalue weighted by molar-refractivity contribution is 0.0221. The number of hydrogen-bond acceptors (Lipinski definition) is 10. The van der Waals surface area contributed by atoms with Crippen molar-refractivity contribution >= 4 is 39.5 Å². The Hall–Kier alpha value is -4.29. The van der Waals surface area contributed by atoms with Crippen molar-refractivity contribution in [2.75, 3.05) is 56.4 Å². The number of likely N-dealkylation sites (tertiary alicyclic amines) is 1. The average Bonchev–Trinajstić information content (AvgIpc) is 3.32. The molecule has 3 saturated heterocycles. The Morgan fingerprint density at radius 3 is 2.65 bits per heavy atom. The van der Waals surface area contributed by atoms with Crippen LogP contribution in [-0.2, 0) is 15.9 Å². The van der Waals surface area contributed by atoms with Gasteiger partial charge in [0.05, 0.1) is 17.5 Å². The van der Waals surface area contributed by atoms with Crippen LogP contribution in [0, 0.1) is 11.7 Å². The molecule has 0 aliphatic carbocycles. The van der Waals surface area contributed by atoms with Gasteiger partial charge in [-0.2, -0.15) is 4.98 Å². The fourth-order valence-corrected chi connectivity index (χ4v) is 7.21. The first-order valence-corrected chi connectivity index (χ1v) is 16.7. The summed E-state index contributed by atoms with van der Waals surface area (Å²) in [5.41, 5.74) is 1.40. The van der Waals surface area contributed by atoms with Gasteiger partial charge in [-0.25, -0.2) is 14.2 Å². The number of aryl methyl sites for hydroxylation is 1. The van der Waals surface area contributed by atoms with Crippen molar-refractivity contribution in [3.63, 3.8) is 0 Å². The first-order valence-electron chi connectivity index (χ1n) is 16.7. The predicted octanol–water partition coefficient (Wildman–Crippen LogP) is 5.55. The molecule has 3 aliphatic heterocycles. The molecule has 2 aromatic carbocycles. The molecular formula is C36H43FN6O5. The number of amides is 1. The minimum absolute atomic E-state index is 0.0523. The highest BCUT2D eigenvalue weighted by Crippen LogP contribution is 2.40. The summed E-state index contributed by atoms with van der Waals surface area (Å²) in [6, 6.07) is 9.68. The normalized spacial score (nSPS) is 19.9. The van der Waals surface area contributed by atoms with E-state index in [0.717, 1.165) is 35.6 Å². The number of β-amino-alcohol motifs (C(OH)–C–C–N with tert-alkyl or cyclic N) is 1. The first kappa shape index (κ1) is 32.3. The van der Waals surface area contributed by atoms with Gasteiger partial charge in [0.15, 0.2) is 12.6 Å². The number of nitrogens with zero attached hydrogens (tertiary/aromatic N) is 6. The van der Waals surface area contributed by atoms with E-state index < -0.39 is 17.5 Å². The van der Waals surface area contributed by atoms with Crippen molar-refractivity contribution in [1.29, 1.82) is 0 Å². The molecule has 3 fully saturated rings. The van der Waals surface area contributed by atoms with Gasteiger partial charge in [-0.05, 0) is 74.4 Å². The lowest BCUT2D eigenvalue weighted by Gasteiger charge is -2.37. The van der Waals surface area contributed by atoms with E-state index in [-0.39, 0.29) is 30.1 Å². The van der Waals surface area contributed by atoms with Gasteiger partial charge in [-0.15, -0.1) is 0 Å². The first-order chi connectivity index (χ1) is 23.0. The molecular weight excluding hydrogens is 615 g/mol. The number of fused-ring (bicyclic) bond motifs is 4. The summed E-state index contributed by atoms with van der Waals surface area (Å²) in [5, 5.41) is 12.4. The lowest BCUT2D eigenvalue weighted by Crippen LogP contribution is -2.51.